The van der Waals surface area contributed by atoms with Crippen LogP contribution in [-0.4, -0.2) is 29.5 Å². The van der Waals surface area contributed by atoms with Gasteiger partial charge in [-0.3, -0.25) is 4.79 Å². The third kappa shape index (κ3) is 4.60. The van der Waals surface area contributed by atoms with Gasteiger partial charge < -0.3 is 15.0 Å². The summed E-state index contributed by atoms with van der Waals surface area (Å²) in [6.07, 6.45) is 7.00. The van der Waals surface area contributed by atoms with E-state index < -0.39 is 0 Å². The van der Waals surface area contributed by atoms with Crippen LogP contribution >= 0.6 is 0 Å². The Morgan fingerprint density at radius 3 is 2.57 bits per heavy atom. The molecule has 1 aromatic rings. The molecule has 23 heavy (non-hydrogen) atoms. The Morgan fingerprint density at radius 1 is 1.22 bits per heavy atom. The van der Waals surface area contributed by atoms with E-state index in [2.05, 4.69) is 10.3 Å². The summed E-state index contributed by atoms with van der Waals surface area (Å²) >= 11 is 0. The molecule has 0 saturated heterocycles. The van der Waals surface area contributed by atoms with Gasteiger partial charge in [0.1, 0.15) is 5.69 Å². The van der Waals surface area contributed by atoms with Crippen LogP contribution in [0.3, 0.4) is 0 Å². The van der Waals surface area contributed by atoms with Crippen LogP contribution in [0.1, 0.15) is 72.8 Å². The van der Waals surface area contributed by atoms with E-state index in [1.54, 1.807) is 6.92 Å². The molecule has 128 valence electrons. The highest BCUT2D eigenvalue weighted by Crippen LogP contribution is 2.21. The highest BCUT2D eigenvalue weighted by Gasteiger charge is 2.20. The quantitative estimate of drug-likeness (QED) is 0.791. The lowest BCUT2D eigenvalue weighted by atomic mass is 9.95. The molecule has 5 heteroatoms. The summed E-state index contributed by atoms with van der Waals surface area (Å²) in [5, 5.41) is 3.14. The van der Waals surface area contributed by atoms with Gasteiger partial charge in [-0.2, -0.15) is 0 Å². The van der Waals surface area contributed by atoms with Gasteiger partial charge in [-0.1, -0.05) is 19.3 Å². The summed E-state index contributed by atoms with van der Waals surface area (Å²) < 4.78 is 5.05. The second-order valence-corrected chi connectivity index (χ2v) is 6.35. The van der Waals surface area contributed by atoms with Gasteiger partial charge in [0, 0.05) is 18.2 Å². The van der Waals surface area contributed by atoms with E-state index in [0.717, 1.165) is 29.7 Å². The molecule has 1 amide bonds. The second-order valence-electron chi connectivity index (χ2n) is 6.35. The van der Waals surface area contributed by atoms with Crippen molar-refractivity contribution in [2.75, 3.05) is 6.61 Å². The zero-order valence-corrected chi connectivity index (χ0v) is 14.5. The van der Waals surface area contributed by atoms with Crippen LogP contribution in [0.4, 0.5) is 0 Å². The summed E-state index contributed by atoms with van der Waals surface area (Å²) in [4.78, 5) is 27.1. The highest BCUT2D eigenvalue weighted by atomic mass is 16.5. The Bertz CT molecular complexity index is 557. The number of carbonyl (C=O) groups excluding carboxylic acids is 2. The van der Waals surface area contributed by atoms with Crippen molar-refractivity contribution in [3.05, 3.63) is 22.5 Å². The van der Waals surface area contributed by atoms with Crippen molar-refractivity contribution in [3.63, 3.8) is 0 Å². The predicted molar refractivity (Wildman–Crippen MR) is 89.6 cm³/mol. The van der Waals surface area contributed by atoms with Crippen molar-refractivity contribution in [2.45, 2.75) is 71.8 Å². The molecule has 0 radical (unpaired) electrons. The van der Waals surface area contributed by atoms with Crippen molar-refractivity contribution in [2.24, 2.45) is 0 Å². The average Bonchev–Trinajstić information content (AvgIpc) is 2.81. The van der Waals surface area contributed by atoms with Gasteiger partial charge >= 0.3 is 5.97 Å². The largest absolute Gasteiger partial charge is 0.461 e. The molecule has 1 aliphatic rings. The summed E-state index contributed by atoms with van der Waals surface area (Å²) in [7, 11) is 0. The fraction of sp³-hybridized carbons (Fsp3) is 0.667. The highest BCUT2D eigenvalue weighted by molar-refractivity contribution is 5.90. The van der Waals surface area contributed by atoms with Crippen molar-refractivity contribution in [1.82, 2.24) is 10.3 Å². The lowest BCUT2D eigenvalue weighted by Gasteiger charge is -2.22. The van der Waals surface area contributed by atoms with Crippen LogP contribution in [-0.2, 0) is 16.0 Å². The molecule has 0 unspecified atom stereocenters. The number of hydrogen-bond donors (Lipinski definition) is 2. The Labute approximate surface area is 138 Å². The molecule has 1 fully saturated rings. The van der Waals surface area contributed by atoms with Crippen LogP contribution in [0.2, 0.25) is 0 Å². The number of nitrogens with one attached hydrogen (secondary N) is 2. The van der Waals surface area contributed by atoms with Gasteiger partial charge in [-0.15, -0.1) is 0 Å². The molecular weight excluding hydrogens is 292 g/mol. The number of aromatic amines is 1. The van der Waals surface area contributed by atoms with E-state index in [4.69, 9.17) is 4.74 Å². The Hall–Kier alpha value is -1.78. The molecule has 1 aliphatic carbocycles. The topological polar surface area (TPSA) is 71.2 Å². The Morgan fingerprint density at radius 2 is 1.91 bits per heavy atom. The van der Waals surface area contributed by atoms with E-state index in [1.165, 1.54) is 19.3 Å². The Kier molecular flexibility index (Phi) is 6.25. The molecule has 0 aliphatic heterocycles. The van der Waals surface area contributed by atoms with Crippen LogP contribution in [0.25, 0.3) is 0 Å². The first-order valence-corrected chi connectivity index (χ1v) is 8.67. The molecule has 5 nitrogen and oxygen atoms in total. The molecule has 2 rings (SSSR count). The fourth-order valence-electron chi connectivity index (χ4n) is 3.36. The third-order valence-corrected chi connectivity index (χ3v) is 4.64. The maximum absolute atomic E-state index is 12.1. The lowest BCUT2D eigenvalue weighted by molar-refractivity contribution is -0.121. The standard InChI is InChI=1S/C18H28N2O3/c1-4-23-18(22)17-12(2)15(13(3)19-17)10-11-16(21)20-14-8-6-5-7-9-14/h14,19H,4-11H2,1-3H3,(H,20,21). The number of rotatable bonds is 6. The van der Waals surface area contributed by atoms with E-state index in [0.29, 0.717) is 31.2 Å². The number of amides is 1. The summed E-state index contributed by atoms with van der Waals surface area (Å²) in [5.41, 5.74) is 3.39. The van der Waals surface area contributed by atoms with E-state index in [1.807, 2.05) is 13.8 Å². The summed E-state index contributed by atoms with van der Waals surface area (Å²) in [6.45, 7) is 5.99. The van der Waals surface area contributed by atoms with Crippen molar-refractivity contribution in [3.8, 4) is 0 Å². The van der Waals surface area contributed by atoms with Gasteiger partial charge in [-0.25, -0.2) is 4.79 Å². The maximum Gasteiger partial charge on any atom is 0.355 e. The lowest BCUT2D eigenvalue weighted by Crippen LogP contribution is -2.36. The molecule has 2 N–H and O–H groups in total. The normalized spacial score (nSPS) is 15.4. The molecule has 0 spiro atoms. The summed E-state index contributed by atoms with van der Waals surface area (Å²) in [5.74, 6) is -0.222. The number of carbonyl (C=O) groups is 2. The van der Waals surface area contributed by atoms with Crippen LogP contribution in [0, 0.1) is 13.8 Å². The first-order chi connectivity index (χ1) is 11.0. The zero-order chi connectivity index (χ0) is 16.8. The van der Waals surface area contributed by atoms with Crippen molar-refractivity contribution in [1.29, 1.82) is 0 Å². The number of hydrogen-bond acceptors (Lipinski definition) is 3. The maximum atomic E-state index is 12.1. The molecule has 1 saturated carbocycles. The number of esters is 1. The molecule has 1 aromatic heterocycles. The third-order valence-electron chi connectivity index (χ3n) is 4.64. The van der Waals surface area contributed by atoms with Gasteiger partial charge in [0.05, 0.1) is 6.61 Å². The SMILES string of the molecule is CCOC(=O)c1[nH]c(C)c(CCC(=O)NC2CCCCC2)c1C. The molecule has 0 bridgehead atoms. The van der Waals surface area contributed by atoms with Gasteiger partial charge in [0.25, 0.3) is 0 Å². The van der Waals surface area contributed by atoms with Crippen molar-refractivity contribution >= 4 is 11.9 Å². The van der Waals surface area contributed by atoms with Gasteiger partial charge in [-0.05, 0) is 51.2 Å². The van der Waals surface area contributed by atoms with Crippen molar-refractivity contribution < 1.29 is 14.3 Å². The fourth-order valence-corrected chi connectivity index (χ4v) is 3.36. The molecule has 0 aromatic carbocycles. The van der Waals surface area contributed by atoms with E-state index in [-0.39, 0.29) is 11.9 Å². The molecular formula is C18H28N2O3. The number of aryl methyl sites for hydroxylation is 1. The first kappa shape index (κ1) is 17.6. The van der Waals surface area contributed by atoms with E-state index in [9.17, 15) is 9.59 Å². The Balaban J connectivity index is 1.92. The minimum Gasteiger partial charge on any atom is -0.461 e. The second kappa shape index (κ2) is 8.18. The number of H-pyrrole nitrogens is 1. The smallest absolute Gasteiger partial charge is 0.355 e. The predicted octanol–water partition coefficient (Wildman–Crippen LogP) is 3.19. The molecule has 1 heterocycles. The number of aromatic nitrogens is 1. The minimum atomic E-state index is -0.328. The minimum absolute atomic E-state index is 0.106. The van der Waals surface area contributed by atoms with Crippen LogP contribution in [0.15, 0.2) is 0 Å². The summed E-state index contributed by atoms with van der Waals surface area (Å²) in [6, 6.07) is 0.347. The van der Waals surface area contributed by atoms with Crippen LogP contribution < -0.4 is 5.32 Å². The monoisotopic (exact) mass is 320 g/mol. The van der Waals surface area contributed by atoms with Gasteiger partial charge in [0.15, 0.2) is 0 Å². The van der Waals surface area contributed by atoms with Crippen LogP contribution in [0.5, 0.6) is 0 Å². The van der Waals surface area contributed by atoms with E-state index >= 15 is 0 Å². The van der Waals surface area contributed by atoms with Gasteiger partial charge in [0.2, 0.25) is 5.91 Å². The zero-order valence-electron chi connectivity index (χ0n) is 14.5. The number of ether oxygens (including phenoxy) is 1. The first-order valence-electron chi connectivity index (χ1n) is 8.67. The average molecular weight is 320 g/mol. The molecule has 0 atom stereocenters.